The normalized spacial score (nSPS) is 9.50. The maximum absolute atomic E-state index is 12.8. The molecule has 0 aliphatic carbocycles. The summed E-state index contributed by atoms with van der Waals surface area (Å²) in [6.45, 7) is 0.622. The van der Waals surface area contributed by atoms with Crippen molar-refractivity contribution in [3.05, 3.63) is 29.0 Å². The highest BCUT2D eigenvalue weighted by Gasteiger charge is 2.00. The second-order valence-corrected chi connectivity index (χ2v) is 3.22. The molecule has 0 heterocycles. The SMILES string of the molecule is N#CCCCNc1cc(F)ccc1Cl. The van der Waals surface area contributed by atoms with Crippen molar-refractivity contribution in [2.24, 2.45) is 0 Å². The average Bonchev–Trinajstić information content (AvgIpc) is 2.18. The summed E-state index contributed by atoms with van der Waals surface area (Å²) in [6.07, 6.45) is 1.21. The lowest BCUT2D eigenvalue weighted by molar-refractivity contribution is 0.628. The van der Waals surface area contributed by atoms with Crippen molar-refractivity contribution in [2.75, 3.05) is 11.9 Å². The van der Waals surface area contributed by atoms with E-state index in [1.54, 1.807) is 0 Å². The third-order valence-electron chi connectivity index (χ3n) is 1.71. The van der Waals surface area contributed by atoms with Gasteiger partial charge < -0.3 is 5.32 Å². The molecule has 1 N–H and O–H groups in total. The summed E-state index contributed by atoms with van der Waals surface area (Å²) in [5.41, 5.74) is 0.574. The zero-order valence-corrected chi connectivity index (χ0v) is 8.31. The van der Waals surface area contributed by atoms with Gasteiger partial charge in [-0.05, 0) is 24.6 Å². The van der Waals surface area contributed by atoms with Gasteiger partial charge >= 0.3 is 0 Å². The quantitative estimate of drug-likeness (QED) is 0.778. The predicted molar refractivity (Wildman–Crippen MR) is 54.7 cm³/mol. The van der Waals surface area contributed by atoms with E-state index in [2.05, 4.69) is 5.32 Å². The van der Waals surface area contributed by atoms with E-state index in [-0.39, 0.29) is 5.82 Å². The van der Waals surface area contributed by atoms with Gasteiger partial charge in [-0.25, -0.2) is 4.39 Å². The first-order chi connectivity index (χ1) is 6.74. The van der Waals surface area contributed by atoms with Gasteiger partial charge in [0.25, 0.3) is 0 Å². The van der Waals surface area contributed by atoms with Crippen LogP contribution in [-0.2, 0) is 0 Å². The lowest BCUT2D eigenvalue weighted by Crippen LogP contribution is -2.01. The molecule has 0 aliphatic heterocycles. The molecule has 4 heteroatoms. The molecule has 1 aromatic rings. The zero-order chi connectivity index (χ0) is 10.4. The van der Waals surface area contributed by atoms with Crippen LogP contribution in [0, 0.1) is 17.1 Å². The van der Waals surface area contributed by atoms with E-state index in [1.807, 2.05) is 6.07 Å². The fraction of sp³-hybridized carbons (Fsp3) is 0.300. The van der Waals surface area contributed by atoms with Crippen LogP contribution in [0.3, 0.4) is 0 Å². The van der Waals surface area contributed by atoms with Crippen LogP contribution in [-0.4, -0.2) is 6.54 Å². The van der Waals surface area contributed by atoms with Gasteiger partial charge in [0.2, 0.25) is 0 Å². The molecule has 0 aromatic heterocycles. The molecule has 2 nitrogen and oxygen atoms in total. The van der Waals surface area contributed by atoms with Crippen LogP contribution in [0.4, 0.5) is 10.1 Å². The summed E-state index contributed by atoms with van der Waals surface area (Å²) in [4.78, 5) is 0. The Morgan fingerprint density at radius 1 is 1.50 bits per heavy atom. The highest BCUT2D eigenvalue weighted by molar-refractivity contribution is 6.33. The molecule has 0 spiro atoms. The van der Waals surface area contributed by atoms with Crippen molar-refractivity contribution in [1.29, 1.82) is 5.26 Å². The van der Waals surface area contributed by atoms with E-state index in [4.69, 9.17) is 16.9 Å². The molecule has 0 bridgehead atoms. The van der Waals surface area contributed by atoms with Gasteiger partial charge in [-0.1, -0.05) is 11.6 Å². The maximum atomic E-state index is 12.8. The lowest BCUT2D eigenvalue weighted by atomic mass is 10.3. The third-order valence-corrected chi connectivity index (χ3v) is 2.04. The first-order valence-corrected chi connectivity index (χ1v) is 4.67. The number of halogens is 2. The smallest absolute Gasteiger partial charge is 0.125 e. The second kappa shape index (κ2) is 5.46. The fourth-order valence-electron chi connectivity index (χ4n) is 1.02. The first kappa shape index (κ1) is 10.8. The first-order valence-electron chi connectivity index (χ1n) is 4.30. The number of rotatable bonds is 4. The minimum absolute atomic E-state index is 0.322. The molecule has 1 rings (SSSR count). The Kier molecular flexibility index (Phi) is 4.21. The van der Waals surface area contributed by atoms with E-state index in [0.29, 0.717) is 23.7 Å². The van der Waals surface area contributed by atoms with Gasteiger partial charge in [-0.3, -0.25) is 0 Å². The van der Waals surface area contributed by atoms with Crippen LogP contribution in [0.1, 0.15) is 12.8 Å². The van der Waals surface area contributed by atoms with Crippen LogP contribution < -0.4 is 5.32 Å². The average molecular weight is 213 g/mol. The Bertz CT molecular complexity index is 346. The topological polar surface area (TPSA) is 35.8 Å². The van der Waals surface area contributed by atoms with Crippen LogP contribution >= 0.6 is 11.6 Å². The highest BCUT2D eigenvalue weighted by Crippen LogP contribution is 2.22. The van der Waals surface area contributed by atoms with Crippen LogP contribution in [0.2, 0.25) is 5.02 Å². The summed E-state index contributed by atoms with van der Waals surface area (Å²) in [7, 11) is 0. The molecule has 74 valence electrons. The van der Waals surface area contributed by atoms with Gasteiger partial charge in [0.1, 0.15) is 5.82 Å². The van der Waals surface area contributed by atoms with Gasteiger partial charge in [0.05, 0.1) is 16.8 Å². The number of nitriles is 1. The third kappa shape index (κ3) is 3.23. The van der Waals surface area contributed by atoms with Crippen LogP contribution in [0.25, 0.3) is 0 Å². The number of nitrogens with one attached hydrogen (secondary N) is 1. The number of hydrogen-bond donors (Lipinski definition) is 1. The Morgan fingerprint density at radius 3 is 3.00 bits per heavy atom. The summed E-state index contributed by atoms with van der Waals surface area (Å²) in [5.74, 6) is -0.322. The van der Waals surface area contributed by atoms with Crippen molar-refractivity contribution in [3.63, 3.8) is 0 Å². The molecule has 0 amide bonds. The van der Waals surface area contributed by atoms with E-state index in [0.717, 1.165) is 6.42 Å². The van der Waals surface area contributed by atoms with Crippen molar-refractivity contribution in [1.82, 2.24) is 0 Å². The summed E-state index contributed by atoms with van der Waals surface area (Å²) < 4.78 is 12.8. The molecular formula is C10H10ClFN2. The largest absolute Gasteiger partial charge is 0.384 e. The van der Waals surface area contributed by atoms with E-state index < -0.39 is 0 Å². The number of nitrogens with zero attached hydrogens (tertiary/aromatic N) is 1. The Hall–Kier alpha value is -1.27. The Labute approximate surface area is 87.3 Å². The summed E-state index contributed by atoms with van der Waals surface area (Å²) in [6, 6.07) is 6.19. The molecule has 0 saturated carbocycles. The minimum Gasteiger partial charge on any atom is -0.384 e. The Balaban J connectivity index is 2.50. The van der Waals surface area contributed by atoms with Crippen molar-refractivity contribution in [3.8, 4) is 6.07 Å². The number of benzene rings is 1. The van der Waals surface area contributed by atoms with Crippen LogP contribution in [0.15, 0.2) is 18.2 Å². The molecule has 0 unspecified atom stereocenters. The van der Waals surface area contributed by atoms with Crippen molar-refractivity contribution < 1.29 is 4.39 Å². The molecule has 0 atom stereocenters. The standard InChI is InChI=1S/C10H10ClFN2/c11-9-4-3-8(12)7-10(9)14-6-2-1-5-13/h3-4,7,14H,1-2,6H2. The summed E-state index contributed by atoms with van der Waals surface area (Å²) in [5, 5.41) is 11.8. The molecular weight excluding hydrogens is 203 g/mol. The van der Waals surface area contributed by atoms with E-state index in [9.17, 15) is 4.39 Å². The zero-order valence-electron chi connectivity index (χ0n) is 7.56. The van der Waals surface area contributed by atoms with Crippen LogP contribution in [0.5, 0.6) is 0 Å². The number of hydrogen-bond acceptors (Lipinski definition) is 2. The second-order valence-electron chi connectivity index (χ2n) is 2.81. The molecule has 1 aromatic carbocycles. The molecule has 0 aliphatic rings. The van der Waals surface area contributed by atoms with Gasteiger partial charge in [0, 0.05) is 13.0 Å². The van der Waals surface area contributed by atoms with E-state index >= 15 is 0 Å². The molecule has 0 saturated heterocycles. The maximum Gasteiger partial charge on any atom is 0.125 e. The molecule has 0 radical (unpaired) electrons. The minimum atomic E-state index is -0.322. The van der Waals surface area contributed by atoms with Crippen molar-refractivity contribution >= 4 is 17.3 Å². The van der Waals surface area contributed by atoms with E-state index in [1.165, 1.54) is 18.2 Å². The number of unbranched alkanes of at least 4 members (excludes halogenated alkanes) is 1. The monoisotopic (exact) mass is 212 g/mol. The predicted octanol–water partition coefficient (Wildman–Crippen LogP) is 3.19. The lowest BCUT2D eigenvalue weighted by Gasteiger charge is -2.06. The summed E-state index contributed by atoms with van der Waals surface area (Å²) >= 11 is 5.81. The van der Waals surface area contributed by atoms with Gasteiger partial charge in [-0.2, -0.15) is 5.26 Å². The van der Waals surface area contributed by atoms with Crippen molar-refractivity contribution in [2.45, 2.75) is 12.8 Å². The number of anilines is 1. The fourth-order valence-corrected chi connectivity index (χ4v) is 1.21. The van der Waals surface area contributed by atoms with Gasteiger partial charge in [-0.15, -0.1) is 0 Å². The Morgan fingerprint density at radius 2 is 2.29 bits per heavy atom. The molecule has 0 fully saturated rings. The highest BCUT2D eigenvalue weighted by atomic mass is 35.5. The van der Waals surface area contributed by atoms with Gasteiger partial charge in [0.15, 0.2) is 0 Å². The molecule has 14 heavy (non-hydrogen) atoms.